The van der Waals surface area contributed by atoms with Crippen molar-refractivity contribution in [2.24, 2.45) is 45.8 Å². The maximum absolute atomic E-state index is 13.5. The standard InChI is InChI=1S/C29H41NO5/c1-6-7-10-30-14-20(5)35-25(15-30)34-17-28-13-22-19(4)8-9-23(22)27(16-31)12-21(28)11-24(18(2)3)29(27,28)26(32)33/h7,11,16,18-23,25H,1,8-10,12-15,17H2,2-5H3,(H,32,33)/t19-,20?,21+,22-,23-,25-,27+,28+,29+/m1/s1. The van der Waals surface area contributed by atoms with Gasteiger partial charge >= 0.3 is 5.97 Å². The van der Waals surface area contributed by atoms with Gasteiger partial charge in [0.1, 0.15) is 11.7 Å². The van der Waals surface area contributed by atoms with E-state index in [4.69, 9.17) is 9.47 Å². The Morgan fingerprint density at radius 3 is 2.77 bits per heavy atom. The van der Waals surface area contributed by atoms with E-state index in [0.717, 1.165) is 44.2 Å². The van der Waals surface area contributed by atoms with Gasteiger partial charge in [-0.15, -0.1) is 5.73 Å². The van der Waals surface area contributed by atoms with Gasteiger partial charge in [0.2, 0.25) is 0 Å². The molecule has 1 heterocycles. The van der Waals surface area contributed by atoms with Crippen LogP contribution in [0.15, 0.2) is 30.0 Å². The molecule has 4 fully saturated rings. The summed E-state index contributed by atoms with van der Waals surface area (Å²) >= 11 is 0. The minimum absolute atomic E-state index is 0.0159. The van der Waals surface area contributed by atoms with Crippen LogP contribution in [0.25, 0.3) is 0 Å². The first-order valence-corrected chi connectivity index (χ1v) is 13.4. The molecule has 1 unspecified atom stereocenters. The third-order valence-corrected chi connectivity index (χ3v) is 10.4. The number of allylic oxidation sites excluding steroid dienone is 1. The number of fused-ring (bicyclic) bond motifs is 2. The molecule has 0 amide bonds. The number of rotatable bonds is 8. The van der Waals surface area contributed by atoms with E-state index in [1.165, 1.54) is 0 Å². The summed E-state index contributed by atoms with van der Waals surface area (Å²) in [5.41, 5.74) is 1.12. The quantitative estimate of drug-likeness (QED) is 0.315. The summed E-state index contributed by atoms with van der Waals surface area (Å²) in [6.45, 7) is 14.6. The summed E-state index contributed by atoms with van der Waals surface area (Å²) in [7, 11) is 0. The SMILES string of the molecule is C=C=CCN1CC(C)O[C@@H](OC[C@@]23C[C@@H]4[C@H](C)CC[C@H]4[C@@]4(C=O)C[C@@H]2C=C(C(C)C)[C@@]34C(=O)O)C1. The van der Waals surface area contributed by atoms with Gasteiger partial charge in [0, 0.05) is 25.0 Å². The lowest BCUT2D eigenvalue weighted by Gasteiger charge is -2.58. The third-order valence-electron chi connectivity index (χ3n) is 10.4. The first-order valence-electron chi connectivity index (χ1n) is 13.4. The number of hydrogen-bond acceptors (Lipinski definition) is 5. The van der Waals surface area contributed by atoms with Crippen LogP contribution in [0.5, 0.6) is 0 Å². The molecular weight excluding hydrogens is 442 g/mol. The van der Waals surface area contributed by atoms with Gasteiger partial charge in [-0.1, -0.05) is 45.4 Å². The summed E-state index contributed by atoms with van der Waals surface area (Å²) in [4.78, 5) is 28.9. The van der Waals surface area contributed by atoms with Crippen molar-refractivity contribution in [1.82, 2.24) is 4.90 Å². The Balaban J connectivity index is 1.53. The average molecular weight is 484 g/mol. The van der Waals surface area contributed by atoms with E-state index in [9.17, 15) is 14.7 Å². The van der Waals surface area contributed by atoms with Crippen LogP contribution in [0, 0.1) is 45.8 Å². The highest BCUT2D eigenvalue weighted by Crippen LogP contribution is 2.82. The normalized spacial score (nSPS) is 46.3. The van der Waals surface area contributed by atoms with E-state index in [0.29, 0.717) is 31.4 Å². The number of ether oxygens (including phenoxy) is 2. The lowest BCUT2D eigenvalue weighted by molar-refractivity contribution is -0.235. The minimum Gasteiger partial charge on any atom is -0.481 e. The molecule has 0 aromatic heterocycles. The third kappa shape index (κ3) is 3.19. The average Bonchev–Trinajstić information content (AvgIpc) is 3.38. The number of carboxylic acid groups (broad SMARTS) is 1. The van der Waals surface area contributed by atoms with Gasteiger partial charge in [-0.3, -0.25) is 9.69 Å². The van der Waals surface area contributed by atoms with Crippen LogP contribution < -0.4 is 0 Å². The van der Waals surface area contributed by atoms with Gasteiger partial charge in [-0.05, 0) is 61.9 Å². The van der Waals surface area contributed by atoms with Crippen molar-refractivity contribution in [2.45, 2.75) is 65.8 Å². The van der Waals surface area contributed by atoms with Gasteiger partial charge in [0.15, 0.2) is 6.29 Å². The Hall–Kier alpha value is -1.72. The van der Waals surface area contributed by atoms with Crippen LogP contribution in [0.1, 0.15) is 53.4 Å². The molecule has 6 nitrogen and oxygen atoms in total. The fraction of sp³-hybridized carbons (Fsp3) is 0.759. The molecule has 6 heteroatoms. The van der Waals surface area contributed by atoms with Gasteiger partial charge < -0.3 is 19.4 Å². The minimum atomic E-state index is -1.20. The van der Waals surface area contributed by atoms with Gasteiger partial charge in [0.05, 0.1) is 18.1 Å². The summed E-state index contributed by atoms with van der Waals surface area (Å²) in [5.74, 6) is 0.275. The predicted molar refractivity (Wildman–Crippen MR) is 132 cm³/mol. The molecule has 1 N–H and O–H groups in total. The molecule has 9 atom stereocenters. The number of carboxylic acids is 1. The van der Waals surface area contributed by atoms with Gasteiger partial charge in [0.25, 0.3) is 0 Å². The Kier molecular flexibility index (Phi) is 6.20. The fourth-order valence-electron chi connectivity index (χ4n) is 9.30. The number of carbonyl (C=O) groups is 2. The van der Waals surface area contributed by atoms with Crippen LogP contribution in [0.4, 0.5) is 0 Å². The largest absolute Gasteiger partial charge is 0.481 e. The number of carbonyl (C=O) groups excluding carboxylic acids is 1. The van der Waals surface area contributed by atoms with E-state index in [1.54, 1.807) is 0 Å². The summed E-state index contributed by atoms with van der Waals surface area (Å²) < 4.78 is 12.7. The second-order valence-corrected chi connectivity index (χ2v) is 12.3. The molecule has 0 spiro atoms. The predicted octanol–water partition coefficient (Wildman–Crippen LogP) is 4.32. The number of hydrogen-bond donors (Lipinski definition) is 1. The van der Waals surface area contributed by atoms with Crippen molar-refractivity contribution in [3.63, 3.8) is 0 Å². The van der Waals surface area contributed by atoms with E-state index < -0.39 is 28.5 Å². The maximum Gasteiger partial charge on any atom is 0.315 e. The van der Waals surface area contributed by atoms with Crippen molar-refractivity contribution in [3.05, 3.63) is 30.0 Å². The van der Waals surface area contributed by atoms with Crippen LogP contribution in [0.2, 0.25) is 0 Å². The lowest BCUT2D eigenvalue weighted by Crippen LogP contribution is -2.64. The smallest absolute Gasteiger partial charge is 0.315 e. The fourth-order valence-corrected chi connectivity index (χ4v) is 9.30. The van der Waals surface area contributed by atoms with Crippen molar-refractivity contribution < 1.29 is 24.2 Å². The molecule has 0 aromatic rings. The molecule has 35 heavy (non-hydrogen) atoms. The van der Waals surface area contributed by atoms with Crippen molar-refractivity contribution >= 4 is 12.3 Å². The molecule has 5 aliphatic rings. The van der Waals surface area contributed by atoms with Crippen molar-refractivity contribution in [2.75, 3.05) is 26.2 Å². The molecular formula is C29H41NO5. The molecule has 3 saturated carbocycles. The van der Waals surface area contributed by atoms with Crippen LogP contribution >= 0.6 is 0 Å². The highest BCUT2D eigenvalue weighted by molar-refractivity contribution is 5.90. The van der Waals surface area contributed by atoms with Crippen LogP contribution in [-0.4, -0.2) is 60.9 Å². The van der Waals surface area contributed by atoms with Crippen LogP contribution in [0.3, 0.4) is 0 Å². The summed E-state index contributed by atoms with van der Waals surface area (Å²) in [6.07, 6.45) is 8.25. The zero-order valence-corrected chi connectivity index (χ0v) is 21.7. The Bertz CT molecular complexity index is 968. The van der Waals surface area contributed by atoms with Gasteiger partial charge in [-0.2, -0.15) is 0 Å². The molecule has 1 aliphatic heterocycles. The highest BCUT2D eigenvalue weighted by atomic mass is 16.7. The molecule has 4 aliphatic carbocycles. The van der Waals surface area contributed by atoms with E-state index in [-0.39, 0.29) is 23.9 Å². The first-order chi connectivity index (χ1) is 16.7. The molecule has 192 valence electrons. The van der Waals surface area contributed by atoms with E-state index in [1.807, 2.05) is 13.0 Å². The number of morpholine rings is 1. The molecule has 4 bridgehead atoms. The molecule has 1 saturated heterocycles. The Morgan fingerprint density at radius 2 is 2.11 bits per heavy atom. The summed E-state index contributed by atoms with van der Waals surface area (Å²) in [6, 6.07) is 0. The number of aldehydes is 1. The van der Waals surface area contributed by atoms with E-state index in [2.05, 4.69) is 44.1 Å². The van der Waals surface area contributed by atoms with Gasteiger partial charge in [-0.25, -0.2) is 0 Å². The zero-order chi connectivity index (χ0) is 25.2. The topological polar surface area (TPSA) is 76.1 Å². The maximum atomic E-state index is 13.5. The first kappa shape index (κ1) is 25.0. The zero-order valence-electron chi connectivity index (χ0n) is 21.7. The lowest BCUT2D eigenvalue weighted by atomic mass is 9.43. The monoisotopic (exact) mass is 483 g/mol. The molecule has 5 rings (SSSR count). The Labute approximate surface area is 209 Å². The van der Waals surface area contributed by atoms with E-state index >= 15 is 0 Å². The number of nitrogens with zero attached hydrogens (tertiary/aromatic N) is 1. The second kappa shape index (κ2) is 8.69. The van der Waals surface area contributed by atoms with Crippen molar-refractivity contribution in [1.29, 1.82) is 0 Å². The Morgan fingerprint density at radius 1 is 1.34 bits per heavy atom. The van der Waals surface area contributed by atoms with Crippen molar-refractivity contribution in [3.8, 4) is 0 Å². The molecule has 0 aromatic carbocycles. The molecule has 0 radical (unpaired) electrons. The number of aliphatic carboxylic acids is 1. The highest BCUT2D eigenvalue weighted by Gasteiger charge is 2.84. The second-order valence-electron chi connectivity index (χ2n) is 12.3. The van der Waals surface area contributed by atoms with Crippen LogP contribution in [-0.2, 0) is 19.1 Å². The summed E-state index contributed by atoms with van der Waals surface area (Å²) in [5, 5.41) is 11.1.